The highest BCUT2D eigenvalue weighted by molar-refractivity contribution is 6.08. The number of amides is 1. The number of fused-ring (bicyclic) bond motifs is 1. The molecule has 0 aliphatic rings. The van der Waals surface area contributed by atoms with Crippen LogP contribution in [0.4, 0.5) is 0 Å². The van der Waals surface area contributed by atoms with Gasteiger partial charge in [-0.25, -0.2) is 0 Å². The molecule has 3 rings (SSSR count). The van der Waals surface area contributed by atoms with Gasteiger partial charge in [0.15, 0.2) is 6.61 Å². The van der Waals surface area contributed by atoms with Crippen LogP contribution in [0.5, 0.6) is 5.75 Å². The Morgan fingerprint density at radius 1 is 1.00 bits per heavy atom. The second-order valence-corrected chi connectivity index (χ2v) is 5.94. The van der Waals surface area contributed by atoms with Crippen LogP contribution in [0.15, 0.2) is 54.7 Å². The fraction of sp³-hybridized carbons (Fsp3) is 0.190. The third-order valence-electron chi connectivity index (χ3n) is 4.08. The van der Waals surface area contributed by atoms with Crippen LogP contribution in [-0.4, -0.2) is 42.4 Å². The largest absolute Gasteiger partial charge is 0.493 e. The lowest BCUT2D eigenvalue weighted by atomic mass is 10.1. The average Bonchev–Trinajstić information content (AvgIpc) is 3.15. The molecule has 0 fully saturated rings. The van der Waals surface area contributed by atoms with Crippen LogP contribution in [0.3, 0.4) is 0 Å². The SMILES string of the molecule is CCOc1ccccc1C(=O)NCC(=O)OCC(=O)c1c[nH]c2ccccc12. The molecule has 3 aromatic rings. The number of carbonyl (C=O) groups excluding carboxylic acids is 3. The second kappa shape index (κ2) is 8.85. The molecular formula is C21H20N2O5. The van der Waals surface area contributed by atoms with Crippen molar-refractivity contribution in [3.05, 3.63) is 65.9 Å². The normalized spacial score (nSPS) is 10.5. The van der Waals surface area contributed by atoms with E-state index in [-0.39, 0.29) is 12.3 Å². The minimum atomic E-state index is -0.699. The van der Waals surface area contributed by atoms with Crippen molar-refractivity contribution < 1.29 is 23.9 Å². The molecule has 0 unspecified atom stereocenters. The van der Waals surface area contributed by atoms with Gasteiger partial charge < -0.3 is 19.8 Å². The quantitative estimate of drug-likeness (QED) is 0.463. The predicted octanol–water partition coefficient (Wildman–Crippen LogP) is 2.72. The lowest BCUT2D eigenvalue weighted by Crippen LogP contribution is -2.31. The summed E-state index contributed by atoms with van der Waals surface area (Å²) in [4.78, 5) is 39.4. The minimum Gasteiger partial charge on any atom is -0.493 e. The van der Waals surface area contributed by atoms with Gasteiger partial charge in [0.2, 0.25) is 5.78 Å². The molecule has 0 saturated heterocycles. The Balaban J connectivity index is 1.52. The van der Waals surface area contributed by atoms with E-state index < -0.39 is 18.5 Å². The Kier molecular flexibility index (Phi) is 6.06. The van der Waals surface area contributed by atoms with Gasteiger partial charge >= 0.3 is 5.97 Å². The molecule has 1 aromatic heterocycles. The first kappa shape index (κ1) is 19.2. The number of esters is 1. The maximum Gasteiger partial charge on any atom is 0.325 e. The number of H-pyrrole nitrogens is 1. The maximum atomic E-state index is 12.3. The molecule has 0 aliphatic carbocycles. The molecular weight excluding hydrogens is 360 g/mol. The van der Waals surface area contributed by atoms with Crippen LogP contribution in [0.1, 0.15) is 27.6 Å². The van der Waals surface area contributed by atoms with Crippen molar-refractivity contribution in [2.75, 3.05) is 19.8 Å². The van der Waals surface area contributed by atoms with Gasteiger partial charge in [0.25, 0.3) is 5.91 Å². The minimum absolute atomic E-state index is 0.321. The van der Waals surface area contributed by atoms with Crippen molar-refractivity contribution in [2.24, 2.45) is 0 Å². The van der Waals surface area contributed by atoms with Gasteiger partial charge in [-0.15, -0.1) is 0 Å². The summed E-state index contributed by atoms with van der Waals surface area (Å²) >= 11 is 0. The first-order chi connectivity index (χ1) is 13.6. The van der Waals surface area contributed by atoms with E-state index in [4.69, 9.17) is 9.47 Å². The molecule has 0 atom stereocenters. The van der Waals surface area contributed by atoms with E-state index in [2.05, 4.69) is 10.3 Å². The molecule has 0 bridgehead atoms. The van der Waals surface area contributed by atoms with Gasteiger partial charge in [-0.2, -0.15) is 0 Å². The summed E-state index contributed by atoms with van der Waals surface area (Å²) in [5.41, 5.74) is 1.61. The Hall–Kier alpha value is -3.61. The summed E-state index contributed by atoms with van der Waals surface area (Å²) in [5.74, 6) is -1.04. The molecule has 7 heteroatoms. The van der Waals surface area contributed by atoms with Gasteiger partial charge in [-0.3, -0.25) is 14.4 Å². The van der Waals surface area contributed by atoms with E-state index >= 15 is 0 Å². The molecule has 144 valence electrons. The van der Waals surface area contributed by atoms with Crippen LogP contribution in [0, 0.1) is 0 Å². The number of ketones is 1. The Bertz CT molecular complexity index is 1010. The molecule has 2 N–H and O–H groups in total. The van der Waals surface area contributed by atoms with Gasteiger partial charge in [0.05, 0.1) is 12.2 Å². The number of hydrogen-bond acceptors (Lipinski definition) is 5. The summed E-state index contributed by atoms with van der Waals surface area (Å²) in [6.45, 7) is 1.49. The van der Waals surface area contributed by atoms with Crippen molar-refractivity contribution >= 4 is 28.6 Å². The van der Waals surface area contributed by atoms with Crippen LogP contribution >= 0.6 is 0 Å². The fourth-order valence-corrected chi connectivity index (χ4v) is 2.76. The number of ether oxygens (including phenoxy) is 2. The van der Waals surface area contributed by atoms with Crippen molar-refractivity contribution in [2.45, 2.75) is 6.92 Å². The highest BCUT2D eigenvalue weighted by Gasteiger charge is 2.16. The number of aromatic nitrogens is 1. The maximum absolute atomic E-state index is 12.3. The van der Waals surface area contributed by atoms with E-state index in [9.17, 15) is 14.4 Å². The Morgan fingerprint density at radius 2 is 1.75 bits per heavy atom. The Morgan fingerprint density at radius 3 is 2.57 bits per heavy atom. The number of aromatic amines is 1. The lowest BCUT2D eigenvalue weighted by Gasteiger charge is -2.10. The number of para-hydroxylation sites is 2. The summed E-state index contributed by atoms with van der Waals surface area (Å²) in [6.07, 6.45) is 1.59. The van der Waals surface area contributed by atoms with Crippen molar-refractivity contribution in [3.63, 3.8) is 0 Å². The zero-order chi connectivity index (χ0) is 19.9. The van der Waals surface area contributed by atoms with E-state index in [1.165, 1.54) is 0 Å². The third-order valence-corrected chi connectivity index (χ3v) is 4.08. The zero-order valence-electron chi connectivity index (χ0n) is 15.4. The highest BCUT2D eigenvalue weighted by atomic mass is 16.5. The summed E-state index contributed by atoms with van der Waals surface area (Å²) < 4.78 is 10.4. The molecule has 0 radical (unpaired) electrons. The molecule has 28 heavy (non-hydrogen) atoms. The number of Topliss-reactive ketones (excluding diaryl/α,β-unsaturated/α-hetero) is 1. The molecule has 0 spiro atoms. The molecule has 0 aliphatic heterocycles. The second-order valence-electron chi connectivity index (χ2n) is 5.94. The monoisotopic (exact) mass is 380 g/mol. The van der Waals surface area contributed by atoms with Crippen LogP contribution in [0.2, 0.25) is 0 Å². The van der Waals surface area contributed by atoms with Crippen LogP contribution < -0.4 is 10.1 Å². The van der Waals surface area contributed by atoms with E-state index in [1.807, 2.05) is 31.2 Å². The average molecular weight is 380 g/mol. The zero-order valence-corrected chi connectivity index (χ0v) is 15.4. The number of nitrogens with one attached hydrogen (secondary N) is 2. The van der Waals surface area contributed by atoms with Crippen LogP contribution in [-0.2, 0) is 9.53 Å². The van der Waals surface area contributed by atoms with Gasteiger partial charge in [-0.1, -0.05) is 30.3 Å². The van der Waals surface area contributed by atoms with Crippen LogP contribution in [0.25, 0.3) is 10.9 Å². The molecule has 1 heterocycles. The number of benzene rings is 2. The van der Waals surface area contributed by atoms with Crippen molar-refractivity contribution in [1.82, 2.24) is 10.3 Å². The molecule has 7 nitrogen and oxygen atoms in total. The Labute approximate surface area is 161 Å². The van der Waals surface area contributed by atoms with Crippen molar-refractivity contribution in [3.8, 4) is 5.75 Å². The highest BCUT2D eigenvalue weighted by Crippen LogP contribution is 2.19. The van der Waals surface area contributed by atoms with E-state index in [0.29, 0.717) is 23.5 Å². The smallest absolute Gasteiger partial charge is 0.325 e. The fourth-order valence-electron chi connectivity index (χ4n) is 2.76. The summed E-state index contributed by atoms with van der Waals surface area (Å²) in [6, 6.07) is 14.1. The standard InChI is InChI=1S/C21H20N2O5/c1-2-27-19-10-6-4-8-15(19)21(26)23-12-20(25)28-13-18(24)16-11-22-17-9-5-3-7-14(16)17/h3-11,22H,2,12-13H2,1H3,(H,23,26). The number of hydrogen-bond donors (Lipinski definition) is 2. The molecule has 0 saturated carbocycles. The number of carbonyl (C=O) groups is 3. The lowest BCUT2D eigenvalue weighted by molar-refractivity contribution is -0.141. The molecule has 1 amide bonds. The summed E-state index contributed by atoms with van der Waals surface area (Å²) in [7, 11) is 0. The van der Waals surface area contributed by atoms with E-state index in [0.717, 1.165) is 10.9 Å². The summed E-state index contributed by atoms with van der Waals surface area (Å²) in [5, 5.41) is 3.24. The molecule has 2 aromatic carbocycles. The first-order valence-corrected chi connectivity index (χ1v) is 8.85. The first-order valence-electron chi connectivity index (χ1n) is 8.85. The van der Waals surface area contributed by atoms with Crippen molar-refractivity contribution in [1.29, 1.82) is 0 Å². The van der Waals surface area contributed by atoms with Gasteiger partial charge in [0.1, 0.15) is 12.3 Å². The van der Waals surface area contributed by atoms with Gasteiger partial charge in [0, 0.05) is 22.7 Å². The predicted molar refractivity (Wildman–Crippen MR) is 104 cm³/mol. The third kappa shape index (κ3) is 4.37. The van der Waals surface area contributed by atoms with E-state index in [1.54, 1.807) is 30.5 Å². The number of rotatable bonds is 8. The topological polar surface area (TPSA) is 97.5 Å². The van der Waals surface area contributed by atoms with Gasteiger partial charge in [-0.05, 0) is 25.1 Å².